The highest BCUT2D eigenvalue weighted by molar-refractivity contribution is 5.78. The molecule has 3 heteroatoms. The van der Waals surface area contributed by atoms with E-state index in [4.69, 9.17) is 0 Å². The Morgan fingerprint density at radius 1 is 1.38 bits per heavy atom. The molecule has 1 saturated carbocycles. The molecule has 1 amide bonds. The molecule has 0 aromatic heterocycles. The van der Waals surface area contributed by atoms with Gasteiger partial charge in [0.05, 0.1) is 6.54 Å². The van der Waals surface area contributed by atoms with E-state index in [9.17, 15) is 4.79 Å². The molecular weight excluding hydrogens is 200 g/mol. The first-order valence-electron chi connectivity index (χ1n) is 6.76. The zero-order chi connectivity index (χ0) is 11.8. The highest BCUT2D eigenvalue weighted by Gasteiger charge is 2.21. The van der Waals surface area contributed by atoms with Gasteiger partial charge in [0.2, 0.25) is 5.91 Å². The fourth-order valence-corrected chi connectivity index (χ4v) is 1.78. The van der Waals surface area contributed by atoms with Gasteiger partial charge in [-0.05, 0) is 31.6 Å². The van der Waals surface area contributed by atoms with E-state index in [0.717, 1.165) is 18.9 Å². The number of rotatable bonds is 9. The van der Waals surface area contributed by atoms with Crippen molar-refractivity contribution in [3.8, 4) is 0 Å². The third-order valence-corrected chi connectivity index (χ3v) is 3.24. The van der Waals surface area contributed by atoms with Crippen LogP contribution in [0.5, 0.6) is 0 Å². The average Bonchev–Trinajstić information content (AvgIpc) is 3.10. The summed E-state index contributed by atoms with van der Waals surface area (Å²) in [5, 5.41) is 6.31. The van der Waals surface area contributed by atoms with E-state index in [0.29, 0.717) is 12.6 Å². The molecule has 1 rings (SSSR count). The third-order valence-electron chi connectivity index (χ3n) is 3.24. The topological polar surface area (TPSA) is 41.1 Å². The summed E-state index contributed by atoms with van der Waals surface area (Å²) in [4.78, 5) is 11.5. The van der Waals surface area contributed by atoms with Crippen molar-refractivity contribution in [3.05, 3.63) is 0 Å². The lowest BCUT2D eigenvalue weighted by molar-refractivity contribution is -0.120. The van der Waals surface area contributed by atoms with Crippen molar-refractivity contribution in [2.45, 2.75) is 58.4 Å². The van der Waals surface area contributed by atoms with Crippen LogP contribution < -0.4 is 10.6 Å². The van der Waals surface area contributed by atoms with Crippen LogP contribution in [0.25, 0.3) is 0 Å². The molecule has 1 aliphatic carbocycles. The molecule has 0 aliphatic heterocycles. The fourth-order valence-electron chi connectivity index (χ4n) is 1.78. The smallest absolute Gasteiger partial charge is 0.233 e. The van der Waals surface area contributed by atoms with E-state index >= 15 is 0 Å². The summed E-state index contributed by atoms with van der Waals surface area (Å²) in [7, 11) is 0. The summed E-state index contributed by atoms with van der Waals surface area (Å²) in [6.07, 6.45) is 7.35. The maximum absolute atomic E-state index is 11.5. The summed E-state index contributed by atoms with van der Waals surface area (Å²) in [5.74, 6) is 0.924. The van der Waals surface area contributed by atoms with Gasteiger partial charge in [0.15, 0.2) is 0 Å². The summed E-state index contributed by atoms with van der Waals surface area (Å²) < 4.78 is 0. The van der Waals surface area contributed by atoms with Crippen LogP contribution in [0.3, 0.4) is 0 Å². The Labute approximate surface area is 99.4 Å². The van der Waals surface area contributed by atoms with Crippen LogP contribution >= 0.6 is 0 Å². The lowest BCUT2D eigenvalue weighted by atomic mass is 10.1. The van der Waals surface area contributed by atoms with Crippen molar-refractivity contribution >= 4 is 5.91 Å². The number of amides is 1. The summed E-state index contributed by atoms with van der Waals surface area (Å²) in [6, 6.07) is 0.506. The first-order valence-corrected chi connectivity index (χ1v) is 6.76. The van der Waals surface area contributed by atoms with Crippen LogP contribution in [0.1, 0.15) is 52.4 Å². The molecule has 1 atom stereocenters. The molecule has 94 valence electrons. The minimum absolute atomic E-state index is 0.154. The van der Waals surface area contributed by atoms with Crippen LogP contribution in [0.2, 0.25) is 0 Å². The van der Waals surface area contributed by atoms with Gasteiger partial charge in [-0.25, -0.2) is 0 Å². The summed E-state index contributed by atoms with van der Waals surface area (Å²) in [6.45, 7) is 5.74. The number of nitrogens with one attached hydrogen (secondary N) is 2. The Balaban J connectivity index is 2.02. The zero-order valence-corrected chi connectivity index (χ0v) is 10.7. The molecular formula is C13H26N2O. The third kappa shape index (κ3) is 6.11. The first kappa shape index (κ1) is 13.5. The minimum atomic E-state index is 0.154. The molecule has 1 aliphatic rings. The first-order chi connectivity index (χ1) is 7.76. The largest absolute Gasteiger partial charge is 0.355 e. The van der Waals surface area contributed by atoms with E-state index in [1.165, 1.54) is 32.1 Å². The van der Waals surface area contributed by atoms with E-state index in [-0.39, 0.29) is 5.91 Å². The maximum atomic E-state index is 11.5. The minimum Gasteiger partial charge on any atom is -0.355 e. The van der Waals surface area contributed by atoms with Crippen LogP contribution in [0.15, 0.2) is 0 Å². The molecule has 3 nitrogen and oxygen atoms in total. The van der Waals surface area contributed by atoms with Crippen molar-refractivity contribution in [1.82, 2.24) is 10.6 Å². The van der Waals surface area contributed by atoms with E-state index in [1.807, 2.05) is 0 Å². The fraction of sp³-hybridized carbons (Fsp3) is 0.923. The summed E-state index contributed by atoms with van der Waals surface area (Å²) in [5.41, 5.74) is 0. The Morgan fingerprint density at radius 2 is 2.12 bits per heavy atom. The van der Waals surface area contributed by atoms with Gasteiger partial charge in [-0.15, -0.1) is 0 Å². The van der Waals surface area contributed by atoms with Gasteiger partial charge in [0.1, 0.15) is 0 Å². The molecule has 1 fully saturated rings. The molecule has 0 bridgehead atoms. The lowest BCUT2D eigenvalue weighted by Crippen LogP contribution is -2.39. The molecule has 0 aromatic rings. The van der Waals surface area contributed by atoms with Crippen LogP contribution in [0, 0.1) is 5.92 Å². The average molecular weight is 226 g/mol. The maximum Gasteiger partial charge on any atom is 0.233 e. The molecule has 2 N–H and O–H groups in total. The highest BCUT2D eigenvalue weighted by atomic mass is 16.1. The van der Waals surface area contributed by atoms with Crippen molar-refractivity contribution in [1.29, 1.82) is 0 Å². The van der Waals surface area contributed by atoms with Crippen molar-refractivity contribution in [2.75, 3.05) is 13.1 Å². The quantitative estimate of drug-likeness (QED) is 0.632. The van der Waals surface area contributed by atoms with Crippen LogP contribution in [-0.2, 0) is 4.79 Å². The monoisotopic (exact) mass is 226 g/mol. The second-order valence-electron chi connectivity index (χ2n) is 4.88. The zero-order valence-electron chi connectivity index (χ0n) is 10.7. The second kappa shape index (κ2) is 7.66. The lowest BCUT2D eigenvalue weighted by Gasteiger charge is -2.16. The Hall–Kier alpha value is -0.570. The highest BCUT2D eigenvalue weighted by Crippen LogP contribution is 2.27. The molecule has 1 unspecified atom stereocenters. The molecule has 0 aromatic carbocycles. The Morgan fingerprint density at radius 3 is 2.69 bits per heavy atom. The normalized spacial score (nSPS) is 17.1. The standard InChI is InChI=1S/C13H26N2O/c1-3-5-6-12(4-2)14-10-13(16)15-9-11-7-8-11/h11-12,14H,3-10H2,1-2H3,(H,15,16). The van der Waals surface area contributed by atoms with Crippen LogP contribution in [0.4, 0.5) is 0 Å². The van der Waals surface area contributed by atoms with Gasteiger partial charge in [-0.3, -0.25) is 4.79 Å². The molecule has 0 heterocycles. The predicted octanol–water partition coefficient (Wildman–Crippen LogP) is 2.07. The molecule has 0 saturated heterocycles. The number of hydrogen-bond donors (Lipinski definition) is 2. The molecule has 0 radical (unpaired) electrons. The van der Waals surface area contributed by atoms with Gasteiger partial charge in [-0.2, -0.15) is 0 Å². The Kier molecular flexibility index (Phi) is 6.46. The van der Waals surface area contributed by atoms with E-state index < -0.39 is 0 Å². The molecule has 0 spiro atoms. The van der Waals surface area contributed by atoms with Gasteiger partial charge < -0.3 is 10.6 Å². The number of carbonyl (C=O) groups excluding carboxylic acids is 1. The second-order valence-corrected chi connectivity index (χ2v) is 4.88. The van der Waals surface area contributed by atoms with Gasteiger partial charge in [0.25, 0.3) is 0 Å². The van der Waals surface area contributed by atoms with Crippen molar-refractivity contribution in [2.24, 2.45) is 5.92 Å². The van der Waals surface area contributed by atoms with E-state index in [2.05, 4.69) is 24.5 Å². The van der Waals surface area contributed by atoms with Crippen molar-refractivity contribution < 1.29 is 4.79 Å². The Bertz CT molecular complexity index is 202. The molecule has 16 heavy (non-hydrogen) atoms. The number of hydrogen-bond acceptors (Lipinski definition) is 2. The van der Waals surface area contributed by atoms with Crippen molar-refractivity contribution in [3.63, 3.8) is 0 Å². The van der Waals surface area contributed by atoms with E-state index in [1.54, 1.807) is 0 Å². The van der Waals surface area contributed by atoms with Gasteiger partial charge in [-0.1, -0.05) is 26.7 Å². The number of carbonyl (C=O) groups is 1. The number of unbranched alkanes of at least 4 members (excludes halogenated alkanes) is 1. The van der Waals surface area contributed by atoms with Gasteiger partial charge >= 0.3 is 0 Å². The van der Waals surface area contributed by atoms with Crippen LogP contribution in [-0.4, -0.2) is 25.0 Å². The SMILES string of the molecule is CCCCC(CC)NCC(=O)NCC1CC1. The van der Waals surface area contributed by atoms with Gasteiger partial charge in [0, 0.05) is 12.6 Å². The predicted molar refractivity (Wildman–Crippen MR) is 67.3 cm³/mol. The summed E-state index contributed by atoms with van der Waals surface area (Å²) >= 11 is 0.